The molecule has 0 spiro atoms. The molecule has 4 nitrogen and oxygen atoms in total. The highest BCUT2D eigenvalue weighted by atomic mass is 79.9. The van der Waals surface area contributed by atoms with Gasteiger partial charge >= 0.3 is 5.97 Å². The van der Waals surface area contributed by atoms with Crippen molar-refractivity contribution in [3.05, 3.63) is 54.1 Å². The topological polar surface area (TPSA) is 35.1 Å². The Kier molecular flexibility index (Phi) is 5.09. The average molecular weight is 311 g/mol. The third-order valence-electron chi connectivity index (χ3n) is 2.56. The third kappa shape index (κ3) is 3.43. The van der Waals surface area contributed by atoms with E-state index in [1.165, 1.54) is 7.11 Å². The molecule has 0 aliphatic heterocycles. The van der Waals surface area contributed by atoms with Crippen molar-refractivity contribution in [3.8, 4) is 0 Å². The van der Waals surface area contributed by atoms with E-state index in [1.54, 1.807) is 12.1 Å². The summed E-state index contributed by atoms with van der Waals surface area (Å²) in [4.78, 5) is 11.3. The minimum atomic E-state index is -0.302. The predicted molar refractivity (Wildman–Crippen MR) is 62.5 cm³/mol. The molecule has 96 valence electrons. The van der Waals surface area contributed by atoms with Gasteiger partial charge in [-0.05, 0) is 17.7 Å². The van der Waals surface area contributed by atoms with Crippen LogP contribution in [0.25, 0.3) is 0 Å². The lowest BCUT2D eigenvalue weighted by Gasteiger charge is -2.01. The molecule has 0 radical (unpaired) electrons. The third-order valence-corrected chi connectivity index (χ3v) is 2.56. The number of ether oxygens (including phenoxy) is 1. The number of nitrogens with zero attached hydrogens (tertiary/aromatic N) is 2. The summed E-state index contributed by atoms with van der Waals surface area (Å²) in [7, 11) is 3.37. The van der Waals surface area contributed by atoms with Crippen LogP contribution >= 0.6 is 0 Å². The second kappa shape index (κ2) is 6.35. The highest BCUT2D eigenvalue weighted by molar-refractivity contribution is 5.89. The van der Waals surface area contributed by atoms with Crippen molar-refractivity contribution in [1.82, 2.24) is 4.57 Å². The number of hydrogen-bond acceptors (Lipinski definition) is 2. The molecule has 0 fully saturated rings. The summed E-state index contributed by atoms with van der Waals surface area (Å²) in [6.45, 7) is 0.794. The van der Waals surface area contributed by atoms with Crippen LogP contribution in [-0.4, -0.2) is 17.6 Å². The number of carbonyl (C=O) groups excluding carboxylic acids is 1. The van der Waals surface area contributed by atoms with Crippen LogP contribution in [0.5, 0.6) is 0 Å². The largest absolute Gasteiger partial charge is 1.00 e. The molecule has 0 saturated heterocycles. The number of carbonyl (C=O) groups is 1. The fourth-order valence-electron chi connectivity index (χ4n) is 1.67. The van der Waals surface area contributed by atoms with Crippen LogP contribution in [0.1, 0.15) is 15.9 Å². The Morgan fingerprint density at radius 1 is 1.33 bits per heavy atom. The summed E-state index contributed by atoms with van der Waals surface area (Å²) in [5.41, 5.74) is 1.73. The molecule has 1 heterocycles. The highest BCUT2D eigenvalue weighted by Gasteiger charge is 2.06. The van der Waals surface area contributed by atoms with Gasteiger partial charge in [0, 0.05) is 0 Å². The summed E-state index contributed by atoms with van der Waals surface area (Å²) in [5.74, 6) is -0.302. The van der Waals surface area contributed by atoms with E-state index in [4.69, 9.17) is 0 Å². The Labute approximate surface area is 117 Å². The fourth-order valence-corrected chi connectivity index (χ4v) is 1.67. The second-order valence-corrected chi connectivity index (χ2v) is 3.94. The number of esters is 1. The van der Waals surface area contributed by atoms with Gasteiger partial charge in [-0.25, -0.2) is 13.9 Å². The van der Waals surface area contributed by atoms with E-state index < -0.39 is 0 Å². The van der Waals surface area contributed by atoms with Crippen LogP contribution < -0.4 is 21.5 Å². The van der Waals surface area contributed by atoms with Gasteiger partial charge in [0.05, 0.1) is 19.7 Å². The zero-order valence-electron chi connectivity index (χ0n) is 10.3. The van der Waals surface area contributed by atoms with Crippen molar-refractivity contribution in [1.29, 1.82) is 0 Å². The Balaban J connectivity index is 0.00000162. The first-order chi connectivity index (χ1) is 8.19. The van der Waals surface area contributed by atoms with Gasteiger partial charge < -0.3 is 21.7 Å². The van der Waals surface area contributed by atoms with Gasteiger partial charge in [0.2, 0.25) is 6.33 Å². The summed E-state index contributed by atoms with van der Waals surface area (Å²) < 4.78 is 8.72. The quantitative estimate of drug-likeness (QED) is 0.493. The Bertz CT molecular complexity index is 520. The minimum Gasteiger partial charge on any atom is -1.00 e. The minimum absolute atomic E-state index is 0. The maximum absolute atomic E-state index is 11.3. The van der Waals surface area contributed by atoms with Crippen LogP contribution in [0.4, 0.5) is 0 Å². The summed E-state index contributed by atoms with van der Waals surface area (Å²) in [5, 5.41) is 0. The molecule has 1 aromatic heterocycles. The molecule has 0 bridgehead atoms. The first-order valence-electron chi connectivity index (χ1n) is 5.37. The number of halogens is 1. The molecule has 0 unspecified atom stereocenters. The Morgan fingerprint density at radius 2 is 2.00 bits per heavy atom. The monoisotopic (exact) mass is 310 g/mol. The molecule has 0 N–H and O–H groups in total. The number of methoxy groups -OCH3 is 1. The van der Waals surface area contributed by atoms with Crippen molar-refractivity contribution >= 4 is 5.97 Å². The van der Waals surface area contributed by atoms with E-state index in [0.29, 0.717) is 5.56 Å². The van der Waals surface area contributed by atoms with Crippen molar-refractivity contribution in [2.24, 2.45) is 7.05 Å². The van der Waals surface area contributed by atoms with Gasteiger partial charge in [-0.2, -0.15) is 0 Å². The van der Waals surface area contributed by atoms with E-state index >= 15 is 0 Å². The van der Waals surface area contributed by atoms with Crippen molar-refractivity contribution < 1.29 is 31.1 Å². The summed E-state index contributed by atoms with van der Waals surface area (Å²) in [6, 6.07) is 7.44. The van der Waals surface area contributed by atoms with E-state index in [1.807, 2.05) is 42.5 Å². The molecular weight excluding hydrogens is 296 g/mol. The molecular formula is C13H15BrN2O2. The van der Waals surface area contributed by atoms with Crippen LogP contribution in [0.3, 0.4) is 0 Å². The molecule has 0 aliphatic carbocycles. The number of imidazole rings is 1. The van der Waals surface area contributed by atoms with Gasteiger partial charge in [0.25, 0.3) is 0 Å². The number of aryl methyl sites for hydroxylation is 1. The molecule has 0 amide bonds. The SMILES string of the molecule is COC(=O)c1ccc(Cn2cc[n+](C)c2)cc1.[Br-]. The smallest absolute Gasteiger partial charge is 0.337 e. The summed E-state index contributed by atoms with van der Waals surface area (Å²) >= 11 is 0. The van der Waals surface area contributed by atoms with Gasteiger partial charge in [-0.1, -0.05) is 12.1 Å². The van der Waals surface area contributed by atoms with Gasteiger partial charge in [-0.3, -0.25) is 0 Å². The standard InChI is InChI=1S/C13H15N2O2.BrH/c1-14-7-8-15(10-14)9-11-3-5-12(6-4-11)13(16)17-2;/h3-8,10H,9H2,1-2H3;1H/q+1;/p-1. The van der Waals surface area contributed by atoms with E-state index in [-0.39, 0.29) is 23.0 Å². The molecule has 0 aliphatic rings. The number of benzene rings is 1. The van der Waals surface area contributed by atoms with Crippen LogP contribution in [0.15, 0.2) is 43.0 Å². The number of hydrogen-bond donors (Lipinski definition) is 0. The molecule has 1 aromatic carbocycles. The van der Waals surface area contributed by atoms with Crippen molar-refractivity contribution in [2.75, 3.05) is 7.11 Å². The summed E-state index contributed by atoms with van der Waals surface area (Å²) in [6.07, 6.45) is 6.01. The van der Waals surface area contributed by atoms with Crippen LogP contribution in [0.2, 0.25) is 0 Å². The van der Waals surface area contributed by atoms with Crippen molar-refractivity contribution in [3.63, 3.8) is 0 Å². The zero-order chi connectivity index (χ0) is 12.3. The lowest BCUT2D eigenvalue weighted by atomic mass is 10.1. The maximum Gasteiger partial charge on any atom is 0.337 e. The molecule has 5 heteroatoms. The molecule has 2 rings (SSSR count). The first-order valence-corrected chi connectivity index (χ1v) is 5.37. The lowest BCUT2D eigenvalue weighted by Crippen LogP contribution is -3.00. The average Bonchev–Trinajstić information content (AvgIpc) is 2.75. The van der Waals surface area contributed by atoms with Crippen LogP contribution in [-0.2, 0) is 18.3 Å². The van der Waals surface area contributed by atoms with Gasteiger partial charge in [0.15, 0.2) is 0 Å². The lowest BCUT2D eigenvalue weighted by molar-refractivity contribution is -0.671. The first kappa shape index (κ1) is 14.4. The predicted octanol–water partition coefficient (Wildman–Crippen LogP) is -1.85. The number of rotatable bonds is 3. The van der Waals surface area contributed by atoms with E-state index in [9.17, 15) is 4.79 Å². The van der Waals surface area contributed by atoms with Crippen LogP contribution in [0, 0.1) is 0 Å². The number of aromatic nitrogens is 2. The fraction of sp³-hybridized carbons (Fsp3) is 0.231. The van der Waals surface area contributed by atoms with E-state index in [2.05, 4.69) is 9.30 Å². The van der Waals surface area contributed by atoms with E-state index in [0.717, 1.165) is 12.1 Å². The Hall–Kier alpha value is -1.62. The van der Waals surface area contributed by atoms with Gasteiger partial charge in [-0.15, -0.1) is 0 Å². The second-order valence-electron chi connectivity index (χ2n) is 3.94. The normalized spacial score (nSPS) is 9.67. The molecule has 2 aromatic rings. The molecule has 0 atom stereocenters. The molecule has 0 saturated carbocycles. The zero-order valence-corrected chi connectivity index (χ0v) is 11.9. The maximum atomic E-state index is 11.3. The van der Waals surface area contributed by atoms with Gasteiger partial charge in [0.1, 0.15) is 18.9 Å². The van der Waals surface area contributed by atoms with Crippen molar-refractivity contribution in [2.45, 2.75) is 6.54 Å². The molecule has 18 heavy (non-hydrogen) atoms. The highest BCUT2D eigenvalue weighted by Crippen LogP contribution is 2.07. The Morgan fingerprint density at radius 3 is 2.50 bits per heavy atom.